The fraction of sp³-hybridized carbons (Fsp3) is 0.333. The van der Waals surface area contributed by atoms with Crippen molar-refractivity contribution in [1.82, 2.24) is 4.90 Å². The average Bonchev–Trinajstić information content (AvgIpc) is 2.87. The van der Waals surface area contributed by atoms with E-state index in [2.05, 4.69) is 0 Å². The lowest BCUT2D eigenvalue weighted by atomic mass is 9.94. The molecule has 0 aromatic heterocycles. The number of rotatable bonds is 2. The maximum atomic E-state index is 12.8. The van der Waals surface area contributed by atoms with E-state index in [9.17, 15) is 9.90 Å². The molecule has 5 heteroatoms. The average molecular weight is 367 g/mol. The highest BCUT2D eigenvalue weighted by atomic mass is 35.5. The Morgan fingerprint density at radius 2 is 1.69 bits per heavy atom. The molecule has 2 aromatic carbocycles. The van der Waals surface area contributed by atoms with Gasteiger partial charge in [-0.05, 0) is 48.2 Å². The van der Waals surface area contributed by atoms with Gasteiger partial charge in [0.05, 0.1) is 16.7 Å². The van der Waals surface area contributed by atoms with E-state index in [-0.39, 0.29) is 23.8 Å². The van der Waals surface area contributed by atoms with E-state index >= 15 is 0 Å². The number of fused-ring (bicyclic) bond motifs is 2. The molecule has 4 rings (SSSR count). The maximum absolute atomic E-state index is 12.8. The molecule has 1 heterocycles. The molecule has 1 saturated heterocycles. The van der Waals surface area contributed by atoms with E-state index in [4.69, 9.17) is 16.9 Å². The van der Waals surface area contributed by atoms with Gasteiger partial charge in [-0.2, -0.15) is 5.26 Å². The molecule has 1 aliphatic carbocycles. The van der Waals surface area contributed by atoms with Crippen molar-refractivity contribution >= 4 is 17.5 Å². The highest BCUT2D eigenvalue weighted by Gasteiger charge is 2.42. The fourth-order valence-electron chi connectivity index (χ4n) is 4.13. The quantitative estimate of drug-likeness (QED) is 0.880. The number of nitrogens with zero attached hydrogens (tertiary/aromatic N) is 2. The molecular formula is C21H19ClN2O2. The summed E-state index contributed by atoms with van der Waals surface area (Å²) in [4.78, 5) is 14.7. The number of aliphatic hydroxyl groups excluding tert-OH is 1. The topological polar surface area (TPSA) is 64.3 Å². The summed E-state index contributed by atoms with van der Waals surface area (Å²) in [6, 6.07) is 14.8. The highest BCUT2D eigenvalue weighted by molar-refractivity contribution is 6.32. The van der Waals surface area contributed by atoms with Crippen molar-refractivity contribution < 1.29 is 9.90 Å². The van der Waals surface area contributed by atoms with Crippen LogP contribution < -0.4 is 0 Å². The summed E-state index contributed by atoms with van der Waals surface area (Å²) in [5, 5.41) is 19.5. The molecule has 3 atom stereocenters. The largest absolute Gasteiger partial charge is 0.392 e. The number of hydrogen-bond acceptors (Lipinski definition) is 3. The van der Waals surface area contributed by atoms with E-state index in [0.717, 1.165) is 24.0 Å². The van der Waals surface area contributed by atoms with E-state index in [1.165, 1.54) is 0 Å². The number of amides is 1. The van der Waals surface area contributed by atoms with Gasteiger partial charge in [0.25, 0.3) is 5.91 Å². The molecular weight excluding hydrogens is 348 g/mol. The standard InChI is InChI=1S/C21H19ClN2O2/c22-19-9-15(5-6-16(19)10-23)13-1-3-14(4-2-13)21(26)24-11-17-7-8-18(12-24)20(17)25/h1-6,9,17-18,20,25H,7-8,11-12H2/t17-,18+,20?. The van der Waals surface area contributed by atoms with Crippen LogP contribution in [0.1, 0.15) is 28.8 Å². The molecule has 26 heavy (non-hydrogen) atoms. The number of hydrogen-bond donors (Lipinski definition) is 1. The number of carbonyl (C=O) groups is 1. The number of carbonyl (C=O) groups excluding carboxylic acids is 1. The molecule has 2 fully saturated rings. The first-order valence-corrected chi connectivity index (χ1v) is 9.22. The number of likely N-dealkylation sites (tertiary alicyclic amines) is 1. The van der Waals surface area contributed by atoms with Gasteiger partial charge >= 0.3 is 0 Å². The number of halogens is 1. The van der Waals surface area contributed by atoms with Crippen LogP contribution in [0.25, 0.3) is 11.1 Å². The van der Waals surface area contributed by atoms with Gasteiger partial charge in [0.15, 0.2) is 0 Å². The molecule has 0 spiro atoms. The monoisotopic (exact) mass is 366 g/mol. The van der Waals surface area contributed by atoms with Crippen LogP contribution in [0.5, 0.6) is 0 Å². The molecule has 1 aliphatic heterocycles. The maximum Gasteiger partial charge on any atom is 0.253 e. The minimum Gasteiger partial charge on any atom is -0.392 e. The molecule has 2 aromatic rings. The second kappa shape index (κ2) is 6.75. The number of nitriles is 1. The van der Waals surface area contributed by atoms with Gasteiger partial charge in [-0.3, -0.25) is 4.79 Å². The highest BCUT2D eigenvalue weighted by Crippen LogP contribution is 2.37. The summed E-state index contributed by atoms with van der Waals surface area (Å²) in [6.45, 7) is 1.28. The van der Waals surface area contributed by atoms with Gasteiger partial charge in [0, 0.05) is 30.5 Å². The summed E-state index contributed by atoms with van der Waals surface area (Å²) in [5.74, 6) is 0.466. The van der Waals surface area contributed by atoms with Crippen LogP contribution in [0.15, 0.2) is 42.5 Å². The van der Waals surface area contributed by atoms with Gasteiger partial charge in [-0.25, -0.2) is 0 Å². The number of aliphatic hydroxyl groups is 1. The smallest absolute Gasteiger partial charge is 0.253 e. The first-order chi connectivity index (χ1) is 12.6. The SMILES string of the molecule is N#Cc1ccc(-c2ccc(C(=O)N3C[C@H]4CC[C@@H](C3)C4O)cc2)cc1Cl. The van der Waals surface area contributed by atoms with Crippen LogP contribution in [0, 0.1) is 23.2 Å². The summed E-state index contributed by atoms with van der Waals surface area (Å²) >= 11 is 6.10. The van der Waals surface area contributed by atoms with Crippen molar-refractivity contribution in [1.29, 1.82) is 5.26 Å². The van der Waals surface area contributed by atoms with Crippen LogP contribution in [0.3, 0.4) is 0 Å². The molecule has 0 radical (unpaired) electrons. The Kier molecular flexibility index (Phi) is 4.44. The second-order valence-corrected chi connectivity index (χ2v) is 7.59. The lowest BCUT2D eigenvalue weighted by molar-refractivity contribution is 0.0166. The van der Waals surface area contributed by atoms with Crippen LogP contribution in [-0.4, -0.2) is 35.1 Å². The van der Waals surface area contributed by atoms with Crippen molar-refractivity contribution in [3.05, 3.63) is 58.6 Å². The minimum absolute atomic E-state index is 0.0261. The van der Waals surface area contributed by atoms with E-state index in [1.807, 2.05) is 41.3 Å². The number of piperidine rings is 1. The fourth-order valence-corrected chi connectivity index (χ4v) is 4.36. The zero-order valence-corrected chi connectivity index (χ0v) is 15.0. The van der Waals surface area contributed by atoms with Gasteiger partial charge in [0.2, 0.25) is 0 Å². The predicted octanol–water partition coefficient (Wildman–Crippen LogP) is 3.72. The van der Waals surface area contributed by atoms with Gasteiger partial charge in [0.1, 0.15) is 6.07 Å². The Balaban J connectivity index is 1.52. The third-order valence-corrected chi connectivity index (χ3v) is 5.94. The Morgan fingerprint density at radius 3 is 2.27 bits per heavy atom. The first kappa shape index (κ1) is 17.1. The molecule has 2 aliphatic rings. The van der Waals surface area contributed by atoms with Crippen molar-refractivity contribution in [2.45, 2.75) is 18.9 Å². The minimum atomic E-state index is -0.248. The summed E-state index contributed by atoms with van der Waals surface area (Å²) in [5.41, 5.74) is 2.96. The van der Waals surface area contributed by atoms with E-state index in [1.54, 1.807) is 12.1 Å². The van der Waals surface area contributed by atoms with Gasteiger partial charge in [-0.15, -0.1) is 0 Å². The van der Waals surface area contributed by atoms with Crippen LogP contribution in [-0.2, 0) is 0 Å². The molecule has 1 saturated carbocycles. The van der Waals surface area contributed by atoms with Crippen molar-refractivity contribution in [2.75, 3.05) is 13.1 Å². The third-order valence-electron chi connectivity index (χ3n) is 5.63. The van der Waals surface area contributed by atoms with Crippen molar-refractivity contribution in [3.8, 4) is 17.2 Å². The van der Waals surface area contributed by atoms with E-state index < -0.39 is 0 Å². The zero-order valence-electron chi connectivity index (χ0n) is 14.2. The van der Waals surface area contributed by atoms with Crippen LogP contribution in [0.4, 0.5) is 0 Å². The first-order valence-electron chi connectivity index (χ1n) is 8.84. The number of benzene rings is 2. The summed E-state index contributed by atoms with van der Waals surface area (Å²) in [6.07, 6.45) is 1.77. The Morgan fingerprint density at radius 1 is 1.08 bits per heavy atom. The van der Waals surface area contributed by atoms with Gasteiger partial charge < -0.3 is 10.0 Å². The molecule has 4 nitrogen and oxygen atoms in total. The molecule has 132 valence electrons. The summed E-state index contributed by atoms with van der Waals surface area (Å²) in [7, 11) is 0. The third kappa shape index (κ3) is 2.98. The van der Waals surface area contributed by atoms with Crippen molar-refractivity contribution in [3.63, 3.8) is 0 Å². The van der Waals surface area contributed by atoms with Crippen LogP contribution >= 0.6 is 11.6 Å². The van der Waals surface area contributed by atoms with E-state index in [0.29, 0.717) is 29.2 Å². The summed E-state index contributed by atoms with van der Waals surface area (Å²) < 4.78 is 0. The van der Waals surface area contributed by atoms with Gasteiger partial charge in [-0.1, -0.05) is 29.8 Å². The van der Waals surface area contributed by atoms with Crippen molar-refractivity contribution in [2.24, 2.45) is 11.8 Å². The second-order valence-electron chi connectivity index (χ2n) is 7.18. The lowest BCUT2D eigenvalue weighted by Crippen LogP contribution is -2.47. The Bertz CT molecular complexity index is 874. The molecule has 1 unspecified atom stereocenters. The molecule has 1 amide bonds. The molecule has 2 bridgehead atoms. The molecule has 1 N–H and O–H groups in total. The lowest BCUT2D eigenvalue weighted by Gasteiger charge is -2.35. The van der Waals surface area contributed by atoms with Crippen LogP contribution in [0.2, 0.25) is 5.02 Å². The Hall–Kier alpha value is -2.35. The predicted molar refractivity (Wildman–Crippen MR) is 99.7 cm³/mol. The Labute approximate surface area is 157 Å². The normalized spacial score (nSPS) is 24.3. The zero-order chi connectivity index (χ0) is 18.3.